The van der Waals surface area contributed by atoms with Gasteiger partial charge in [-0.3, -0.25) is 9.36 Å². The lowest BCUT2D eigenvalue weighted by Crippen LogP contribution is -2.23. The molecule has 0 aliphatic rings. The smallest absolute Gasteiger partial charge is 0.272 e. The third kappa shape index (κ3) is 3.86. The molecule has 0 bridgehead atoms. The number of aromatic nitrogens is 3. The minimum absolute atomic E-state index is 0.0930. The molecule has 0 aliphatic carbocycles. The molecular weight excluding hydrogens is 429 g/mol. The first kappa shape index (κ1) is 19.9. The summed E-state index contributed by atoms with van der Waals surface area (Å²) in [4.78, 5) is 23.5. The summed E-state index contributed by atoms with van der Waals surface area (Å²) < 4.78 is 16.4. The molecule has 154 valence electrons. The molecule has 2 aromatic carbocycles. The molecule has 4 nitrogen and oxygen atoms in total. The van der Waals surface area contributed by atoms with E-state index in [1.807, 2.05) is 49.4 Å². The highest BCUT2D eigenvalue weighted by Crippen LogP contribution is 2.31. The van der Waals surface area contributed by atoms with Crippen LogP contribution >= 0.6 is 23.1 Å². The van der Waals surface area contributed by atoms with Crippen molar-refractivity contribution in [1.82, 2.24) is 14.5 Å². The second-order valence-electron chi connectivity index (χ2n) is 7.29. The number of hydrogen-bond acceptors (Lipinski definition) is 5. The van der Waals surface area contributed by atoms with Crippen LogP contribution in [0.4, 0.5) is 4.39 Å². The van der Waals surface area contributed by atoms with Gasteiger partial charge in [0, 0.05) is 17.3 Å². The molecule has 0 fully saturated rings. The molecule has 5 rings (SSSR count). The van der Waals surface area contributed by atoms with Crippen LogP contribution < -0.4 is 5.56 Å². The minimum Gasteiger partial charge on any atom is -0.282 e. The van der Waals surface area contributed by atoms with Crippen molar-refractivity contribution in [3.05, 3.63) is 99.7 Å². The van der Waals surface area contributed by atoms with Gasteiger partial charge in [-0.25, -0.2) is 14.4 Å². The third-order valence-corrected chi connectivity index (χ3v) is 7.21. The Balaban J connectivity index is 1.64. The van der Waals surface area contributed by atoms with Gasteiger partial charge in [0.05, 0.1) is 12.1 Å². The van der Waals surface area contributed by atoms with Gasteiger partial charge in [-0.05, 0) is 36.2 Å². The maximum absolute atomic E-state index is 14.2. The Morgan fingerprint density at radius 2 is 1.87 bits per heavy atom. The van der Waals surface area contributed by atoms with Gasteiger partial charge >= 0.3 is 0 Å². The largest absolute Gasteiger partial charge is 0.282 e. The highest BCUT2D eigenvalue weighted by Gasteiger charge is 2.17. The number of hydrogen-bond donors (Lipinski definition) is 0. The highest BCUT2D eigenvalue weighted by atomic mass is 32.2. The summed E-state index contributed by atoms with van der Waals surface area (Å²) in [5.74, 6) is 0.132. The van der Waals surface area contributed by atoms with Gasteiger partial charge in [0.1, 0.15) is 15.3 Å². The minimum atomic E-state index is -0.256. The summed E-state index contributed by atoms with van der Waals surface area (Å²) in [6.07, 6.45) is 1.72. The van der Waals surface area contributed by atoms with E-state index in [4.69, 9.17) is 4.98 Å². The topological polar surface area (TPSA) is 47.8 Å². The molecule has 3 aromatic heterocycles. The van der Waals surface area contributed by atoms with Gasteiger partial charge < -0.3 is 0 Å². The number of pyridine rings is 1. The van der Waals surface area contributed by atoms with E-state index in [1.54, 1.807) is 22.9 Å². The van der Waals surface area contributed by atoms with Gasteiger partial charge in [-0.15, -0.1) is 11.3 Å². The Kier molecular flexibility index (Phi) is 5.29. The molecule has 0 unspecified atom stereocenters. The second kappa shape index (κ2) is 8.24. The molecule has 0 saturated carbocycles. The quantitative estimate of drug-likeness (QED) is 0.253. The first-order valence-corrected chi connectivity index (χ1v) is 11.6. The summed E-state index contributed by atoms with van der Waals surface area (Å²) in [6, 6.07) is 18.6. The summed E-state index contributed by atoms with van der Waals surface area (Å²) in [7, 11) is 0. The van der Waals surface area contributed by atoms with Crippen molar-refractivity contribution in [2.45, 2.75) is 24.4 Å². The van der Waals surface area contributed by atoms with E-state index >= 15 is 0 Å². The molecule has 0 N–H and O–H groups in total. The average Bonchev–Trinajstić information content (AvgIpc) is 3.16. The Morgan fingerprint density at radius 3 is 2.68 bits per heavy atom. The number of halogens is 1. The molecule has 0 radical (unpaired) electrons. The normalized spacial score (nSPS) is 11.4. The summed E-state index contributed by atoms with van der Waals surface area (Å²) >= 11 is 2.74. The van der Waals surface area contributed by atoms with Crippen LogP contribution in [0.1, 0.15) is 16.7 Å². The molecule has 0 amide bonds. The molecule has 5 aromatic rings. The molecule has 0 atom stereocenters. The molecule has 31 heavy (non-hydrogen) atoms. The van der Waals surface area contributed by atoms with E-state index in [-0.39, 0.29) is 11.4 Å². The van der Waals surface area contributed by atoms with E-state index in [1.165, 1.54) is 29.2 Å². The van der Waals surface area contributed by atoms with Gasteiger partial charge in [-0.1, -0.05) is 59.8 Å². The zero-order valence-corrected chi connectivity index (χ0v) is 18.3. The molecular formula is C24H18FN3OS2. The van der Waals surface area contributed by atoms with Crippen LogP contribution in [0.25, 0.3) is 20.4 Å². The van der Waals surface area contributed by atoms with Gasteiger partial charge in [0.2, 0.25) is 0 Å². The third-order valence-electron chi connectivity index (χ3n) is 5.09. The van der Waals surface area contributed by atoms with Crippen molar-refractivity contribution >= 4 is 43.5 Å². The molecule has 0 saturated heterocycles. The van der Waals surface area contributed by atoms with Gasteiger partial charge in [-0.2, -0.15) is 0 Å². The van der Waals surface area contributed by atoms with Crippen molar-refractivity contribution in [2.24, 2.45) is 0 Å². The predicted octanol–water partition coefficient (Wildman–Crippen LogP) is 5.79. The average molecular weight is 448 g/mol. The Bertz CT molecular complexity index is 1460. The number of rotatable bonds is 5. The standard InChI is InChI=1S/C24H18FN3OS2/c1-15-8-10-16(11-9-15)13-28-23(29)21-20(18-6-4-12-26-22(18)31-21)27-24(28)30-14-17-5-2-3-7-19(17)25/h2-12H,13-14H2,1H3. The number of thiophene rings is 1. The molecule has 0 aliphatic heterocycles. The first-order valence-electron chi connectivity index (χ1n) is 9.80. The van der Waals surface area contributed by atoms with Crippen LogP contribution in [0.5, 0.6) is 0 Å². The van der Waals surface area contributed by atoms with E-state index in [0.717, 1.165) is 21.3 Å². The fourth-order valence-corrected chi connectivity index (χ4v) is 5.43. The fraction of sp³-hybridized carbons (Fsp3) is 0.125. The summed E-state index contributed by atoms with van der Waals surface area (Å²) in [5, 5.41) is 1.44. The number of nitrogens with zero attached hydrogens (tertiary/aromatic N) is 3. The van der Waals surface area contributed by atoms with Gasteiger partial charge in [0.25, 0.3) is 5.56 Å². The maximum Gasteiger partial charge on any atom is 0.272 e. The zero-order valence-electron chi connectivity index (χ0n) is 16.7. The van der Waals surface area contributed by atoms with Crippen molar-refractivity contribution in [2.75, 3.05) is 0 Å². The maximum atomic E-state index is 14.2. The van der Waals surface area contributed by atoms with Crippen molar-refractivity contribution in [3.8, 4) is 0 Å². The summed E-state index contributed by atoms with van der Waals surface area (Å²) in [6.45, 7) is 2.44. The second-order valence-corrected chi connectivity index (χ2v) is 9.23. The van der Waals surface area contributed by atoms with Crippen molar-refractivity contribution < 1.29 is 4.39 Å². The van der Waals surface area contributed by atoms with Crippen LogP contribution in [0, 0.1) is 12.7 Å². The monoisotopic (exact) mass is 447 g/mol. The number of fused-ring (bicyclic) bond motifs is 3. The van der Waals surface area contributed by atoms with Crippen molar-refractivity contribution in [3.63, 3.8) is 0 Å². The van der Waals surface area contributed by atoms with E-state index < -0.39 is 0 Å². The highest BCUT2D eigenvalue weighted by molar-refractivity contribution is 7.98. The molecule has 0 spiro atoms. The lowest BCUT2D eigenvalue weighted by atomic mass is 10.1. The fourth-order valence-electron chi connectivity index (χ4n) is 3.42. The number of thioether (sulfide) groups is 1. The Morgan fingerprint density at radius 1 is 1.06 bits per heavy atom. The summed E-state index contributed by atoms with van der Waals surface area (Å²) in [5.41, 5.74) is 3.33. The lowest BCUT2D eigenvalue weighted by molar-refractivity contribution is 0.616. The Hall–Kier alpha value is -3.03. The van der Waals surface area contributed by atoms with Gasteiger partial charge in [0.15, 0.2) is 5.16 Å². The Labute approximate surface area is 186 Å². The number of benzene rings is 2. The number of aryl methyl sites for hydroxylation is 1. The van der Waals surface area contributed by atoms with Crippen LogP contribution in [0.3, 0.4) is 0 Å². The van der Waals surface area contributed by atoms with Crippen LogP contribution in [-0.4, -0.2) is 14.5 Å². The van der Waals surface area contributed by atoms with E-state index in [9.17, 15) is 9.18 Å². The van der Waals surface area contributed by atoms with E-state index in [0.29, 0.717) is 33.2 Å². The predicted molar refractivity (Wildman–Crippen MR) is 125 cm³/mol. The first-order chi connectivity index (χ1) is 15.1. The van der Waals surface area contributed by atoms with Crippen molar-refractivity contribution in [1.29, 1.82) is 0 Å². The van der Waals surface area contributed by atoms with Crippen LogP contribution in [0.15, 0.2) is 76.8 Å². The lowest BCUT2D eigenvalue weighted by Gasteiger charge is -2.13. The SMILES string of the molecule is Cc1ccc(Cn2c(SCc3ccccc3F)nc3c(sc4ncccc43)c2=O)cc1. The molecule has 7 heteroatoms. The zero-order chi connectivity index (χ0) is 21.4. The van der Waals surface area contributed by atoms with Crippen LogP contribution in [-0.2, 0) is 12.3 Å². The molecule has 3 heterocycles. The van der Waals surface area contributed by atoms with E-state index in [2.05, 4.69) is 4.98 Å². The van der Waals surface area contributed by atoms with Crippen LogP contribution in [0.2, 0.25) is 0 Å².